The molecule has 0 spiro atoms. The third-order valence-corrected chi connectivity index (χ3v) is 3.20. The molecule has 0 N–H and O–H groups in total. The third kappa shape index (κ3) is 2.88. The van der Waals surface area contributed by atoms with Gasteiger partial charge in [-0.25, -0.2) is 4.98 Å². The molecular formula is C15H15ClFN. The van der Waals surface area contributed by atoms with Gasteiger partial charge >= 0.3 is 0 Å². The number of halogens is 2. The Morgan fingerprint density at radius 3 is 2.28 bits per heavy atom. The maximum atomic E-state index is 13.2. The lowest BCUT2D eigenvalue weighted by Crippen LogP contribution is -2.10. The van der Waals surface area contributed by atoms with Crippen LogP contribution in [0.4, 0.5) is 4.39 Å². The Morgan fingerprint density at radius 2 is 1.72 bits per heavy atom. The van der Waals surface area contributed by atoms with E-state index in [2.05, 4.69) is 18.8 Å². The average molecular weight is 264 g/mol. The van der Waals surface area contributed by atoms with Gasteiger partial charge < -0.3 is 0 Å². The molecule has 0 fully saturated rings. The summed E-state index contributed by atoms with van der Waals surface area (Å²) in [5, 5.41) is 0.702. The van der Waals surface area contributed by atoms with Crippen LogP contribution in [0.25, 0.3) is 0 Å². The van der Waals surface area contributed by atoms with Gasteiger partial charge in [0.05, 0.1) is 5.69 Å². The summed E-state index contributed by atoms with van der Waals surface area (Å²) in [4.78, 5) is 3.99. The Hall–Kier alpha value is -1.41. The minimum Gasteiger partial charge on any atom is -0.224 e. The van der Waals surface area contributed by atoms with Crippen molar-refractivity contribution in [2.45, 2.75) is 19.8 Å². The van der Waals surface area contributed by atoms with E-state index in [1.807, 2.05) is 30.3 Å². The van der Waals surface area contributed by atoms with Gasteiger partial charge in [-0.3, -0.25) is 0 Å². The van der Waals surface area contributed by atoms with Crippen LogP contribution in [0, 0.1) is 11.9 Å². The van der Waals surface area contributed by atoms with Crippen LogP contribution in [0.5, 0.6) is 0 Å². The molecule has 18 heavy (non-hydrogen) atoms. The fraction of sp³-hybridized carbons (Fsp3) is 0.267. The van der Waals surface area contributed by atoms with Crippen molar-refractivity contribution in [3.05, 3.63) is 64.7 Å². The lowest BCUT2D eigenvalue weighted by molar-refractivity contribution is 0.524. The molecule has 0 aliphatic carbocycles. The summed E-state index contributed by atoms with van der Waals surface area (Å²) in [5.74, 6) is -0.0226. The first-order valence-corrected chi connectivity index (χ1v) is 6.33. The van der Waals surface area contributed by atoms with E-state index in [1.165, 1.54) is 6.07 Å². The van der Waals surface area contributed by atoms with E-state index >= 15 is 0 Å². The van der Waals surface area contributed by atoms with E-state index in [4.69, 9.17) is 11.6 Å². The highest BCUT2D eigenvalue weighted by molar-refractivity contribution is 6.30. The van der Waals surface area contributed by atoms with Gasteiger partial charge in [-0.1, -0.05) is 43.6 Å². The van der Waals surface area contributed by atoms with Crippen molar-refractivity contribution >= 4 is 11.6 Å². The summed E-state index contributed by atoms with van der Waals surface area (Å²) >= 11 is 5.89. The molecule has 1 heterocycles. The van der Waals surface area contributed by atoms with Crippen LogP contribution in [0.15, 0.2) is 42.5 Å². The fourth-order valence-corrected chi connectivity index (χ4v) is 2.29. The van der Waals surface area contributed by atoms with Crippen molar-refractivity contribution in [3.63, 3.8) is 0 Å². The molecule has 1 nitrogen and oxygen atoms in total. The van der Waals surface area contributed by atoms with Crippen molar-refractivity contribution in [2.75, 3.05) is 0 Å². The van der Waals surface area contributed by atoms with Gasteiger partial charge in [0.25, 0.3) is 0 Å². The van der Waals surface area contributed by atoms with Gasteiger partial charge in [-0.15, -0.1) is 0 Å². The van der Waals surface area contributed by atoms with Crippen LogP contribution >= 0.6 is 11.6 Å². The monoisotopic (exact) mass is 263 g/mol. The molecule has 0 saturated carbocycles. The molecule has 0 aliphatic rings. The second kappa shape index (κ2) is 5.49. The number of hydrogen-bond acceptors (Lipinski definition) is 1. The minimum absolute atomic E-state index is 0.0815. The lowest BCUT2D eigenvalue weighted by Gasteiger charge is -2.21. The van der Waals surface area contributed by atoms with Crippen LogP contribution in [0.3, 0.4) is 0 Å². The summed E-state index contributed by atoms with van der Waals surface area (Å²) < 4.78 is 13.2. The zero-order valence-electron chi connectivity index (χ0n) is 10.4. The van der Waals surface area contributed by atoms with E-state index in [0.29, 0.717) is 10.9 Å². The summed E-state index contributed by atoms with van der Waals surface area (Å²) in [5.41, 5.74) is 1.86. The van der Waals surface area contributed by atoms with Gasteiger partial charge in [0.15, 0.2) is 0 Å². The van der Waals surface area contributed by atoms with Crippen LogP contribution in [-0.2, 0) is 0 Å². The first-order valence-electron chi connectivity index (χ1n) is 5.96. The first kappa shape index (κ1) is 13.0. The Bertz CT molecular complexity index is 522. The highest BCUT2D eigenvalue weighted by Crippen LogP contribution is 2.31. The van der Waals surface area contributed by atoms with Gasteiger partial charge in [0.2, 0.25) is 5.95 Å². The van der Waals surface area contributed by atoms with E-state index < -0.39 is 5.95 Å². The fourth-order valence-electron chi connectivity index (χ4n) is 2.16. The summed E-state index contributed by atoms with van der Waals surface area (Å²) in [6.07, 6.45) is 0. The molecule has 1 aromatic carbocycles. The molecule has 3 heteroatoms. The predicted octanol–water partition coefficient (Wildman–Crippen LogP) is 4.66. The van der Waals surface area contributed by atoms with Gasteiger partial charge in [0.1, 0.15) is 0 Å². The molecular weight excluding hydrogens is 249 g/mol. The molecule has 94 valence electrons. The summed E-state index contributed by atoms with van der Waals surface area (Å²) in [6, 6.07) is 12.6. The Labute approximate surface area is 112 Å². The molecule has 2 rings (SSSR count). The Morgan fingerprint density at radius 1 is 1.06 bits per heavy atom. The number of aromatic nitrogens is 1. The predicted molar refractivity (Wildman–Crippen MR) is 72.3 cm³/mol. The van der Waals surface area contributed by atoms with Gasteiger partial charge in [0, 0.05) is 10.9 Å². The summed E-state index contributed by atoms with van der Waals surface area (Å²) in [7, 11) is 0. The third-order valence-electron chi connectivity index (χ3n) is 2.95. The smallest absolute Gasteiger partial charge is 0.213 e. The molecule has 0 saturated heterocycles. The zero-order chi connectivity index (χ0) is 13.1. The van der Waals surface area contributed by atoms with Crippen molar-refractivity contribution < 1.29 is 4.39 Å². The van der Waals surface area contributed by atoms with Crippen molar-refractivity contribution in [3.8, 4) is 0 Å². The molecule has 2 aromatic rings. The second-order valence-corrected chi connectivity index (χ2v) is 5.09. The molecule has 0 bridgehead atoms. The maximum absolute atomic E-state index is 13.2. The largest absolute Gasteiger partial charge is 0.224 e. The van der Waals surface area contributed by atoms with Crippen LogP contribution in [0.1, 0.15) is 31.0 Å². The molecule has 1 atom stereocenters. The van der Waals surface area contributed by atoms with Crippen LogP contribution in [-0.4, -0.2) is 4.98 Å². The number of benzene rings is 1. The normalized spacial score (nSPS) is 12.7. The Balaban J connectivity index is 2.43. The van der Waals surface area contributed by atoms with E-state index in [-0.39, 0.29) is 5.92 Å². The standard InChI is InChI=1S/C15H15ClFN/c1-10(2)15(11-6-8-12(16)9-7-11)13-4-3-5-14(17)18-13/h3-10,15H,1-2H3. The summed E-state index contributed by atoms with van der Waals surface area (Å²) in [6.45, 7) is 4.21. The number of hydrogen-bond donors (Lipinski definition) is 0. The molecule has 0 amide bonds. The highest BCUT2D eigenvalue weighted by Gasteiger charge is 2.19. The highest BCUT2D eigenvalue weighted by atomic mass is 35.5. The maximum Gasteiger partial charge on any atom is 0.213 e. The topological polar surface area (TPSA) is 12.9 Å². The van der Waals surface area contributed by atoms with E-state index in [9.17, 15) is 4.39 Å². The van der Waals surface area contributed by atoms with Gasteiger partial charge in [-0.05, 0) is 35.7 Å². The van der Waals surface area contributed by atoms with Crippen LogP contribution < -0.4 is 0 Å². The van der Waals surface area contributed by atoms with Crippen molar-refractivity contribution in [1.82, 2.24) is 4.98 Å². The number of rotatable bonds is 3. The minimum atomic E-state index is -0.438. The lowest BCUT2D eigenvalue weighted by atomic mass is 9.85. The molecule has 0 aliphatic heterocycles. The SMILES string of the molecule is CC(C)C(c1ccc(Cl)cc1)c1cccc(F)n1. The molecule has 1 unspecified atom stereocenters. The zero-order valence-corrected chi connectivity index (χ0v) is 11.2. The van der Waals surface area contributed by atoms with Crippen molar-refractivity contribution in [2.24, 2.45) is 5.92 Å². The van der Waals surface area contributed by atoms with Crippen molar-refractivity contribution in [1.29, 1.82) is 0 Å². The van der Waals surface area contributed by atoms with E-state index in [0.717, 1.165) is 11.3 Å². The number of pyridine rings is 1. The first-order chi connectivity index (χ1) is 8.58. The molecule has 1 aromatic heterocycles. The van der Waals surface area contributed by atoms with Crippen LogP contribution in [0.2, 0.25) is 5.02 Å². The number of nitrogens with zero attached hydrogens (tertiary/aromatic N) is 1. The molecule has 0 radical (unpaired) electrons. The Kier molecular flexibility index (Phi) is 3.97. The quantitative estimate of drug-likeness (QED) is 0.734. The van der Waals surface area contributed by atoms with Gasteiger partial charge in [-0.2, -0.15) is 4.39 Å². The second-order valence-electron chi connectivity index (χ2n) is 4.66. The average Bonchev–Trinajstić information content (AvgIpc) is 2.32. The van der Waals surface area contributed by atoms with E-state index in [1.54, 1.807) is 6.07 Å².